The van der Waals surface area contributed by atoms with Gasteiger partial charge in [-0.1, -0.05) is 26.8 Å². The van der Waals surface area contributed by atoms with E-state index >= 15 is 0 Å². The number of nitrogens with zero attached hydrogens (tertiary/aromatic N) is 2. The van der Waals surface area contributed by atoms with Gasteiger partial charge in [0.2, 0.25) is 0 Å². The van der Waals surface area contributed by atoms with Crippen molar-refractivity contribution in [1.29, 1.82) is 0 Å². The first kappa shape index (κ1) is 26.5. The molecule has 1 aromatic carbocycles. The smallest absolute Gasteiger partial charge is 0.410 e. The van der Waals surface area contributed by atoms with Crippen molar-refractivity contribution in [2.24, 2.45) is 0 Å². The molecule has 33 heavy (non-hydrogen) atoms. The van der Waals surface area contributed by atoms with Gasteiger partial charge >= 0.3 is 12.1 Å². The lowest BCUT2D eigenvalue weighted by atomic mass is 10.2. The summed E-state index contributed by atoms with van der Waals surface area (Å²) in [7, 11) is -2.06. The zero-order valence-corrected chi connectivity index (χ0v) is 21.2. The Morgan fingerprint density at radius 2 is 1.85 bits per heavy atom. The number of benzene rings is 1. The van der Waals surface area contributed by atoms with Gasteiger partial charge in [-0.3, -0.25) is 15.0 Å². The van der Waals surface area contributed by atoms with Gasteiger partial charge < -0.3 is 13.9 Å². The van der Waals surface area contributed by atoms with Gasteiger partial charge in [-0.25, -0.2) is 9.59 Å². The molecule has 2 atom stereocenters. The van der Waals surface area contributed by atoms with Gasteiger partial charge in [0.05, 0.1) is 23.7 Å². The van der Waals surface area contributed by atoms with E-state index < -0.39 is 25.3 Å². The number of nitro groups is 1. The van der Waals surface area contributed by atoms with Crippen molar-refractivity contribution in [1.82, 2.24) is 4.90 Å². The minimum Gasteiger partial charge on any atom is -0.463 e. The predicted molar refractivity (Wildman–Crippen MR) is 126 cm³/mol. The second kappa shape index (κ2) is 10.9. The number of hydrogen-bond acceptors (Lipinski definition) is 7. The van der Waals surface area contributed by atoms with E-state index in [0.717, 1.165) is 0 Å². The molecular weight excluding hydrogens is 444 g/mol. The van der Waals surface area contributed by atoms with E-state index in [1.54, 1.807) is 30.0 Å². The number of amides is 1. The van der Waals surface area contributed by atoms with Crippen LogP contribution in [0.4, 0.5) is 10.5 Å². The molecule has 0 saturated carbocycles. The fourth-order valence-electron chi connectivity index (χ4n) is 3.22. The van der Waals surface area contributed by atoms with E-state index in [1.807, 2.05) is 0 Å². The molecule has 1 aliphatic rings. The van der Waals surface area contributed by atoms with Crippen LogP contribution in [0.1, 0.15) is 39.7 Å². The standard InChI is InChI=1S/C23H34N2O7Si/c1-7-30-21(26)13-12-19-14-20(32-33(5,6)23(2,3)4)15-24(19)22(27)31-16-17-8-10-18(11-9-17)25(28)29/h8-13,19-20H,7,14-16H2,1-6H3/t19-,20-/m1/s1. The average molecular weight is 479 g/mol. The molecule has 0 radical (unpaired) electrons. The van der Waals surface area contributed by atoms with Gasteiger partial charge in [-0.15, -0.1) is 0 Å². The molecule has 1 heterocycles. The van der Waals surface area contributed by atoms with Crippen LogP contribution in [0, 0.1) is 10.1 Å². The van der Waals surface area contributed by atoms with Gasteiger partial charge in [-0.05, 0) is 49.2 Å². The molecule has 10 heteroatoms. The molecule has 1 amide bonds. The van der Waals surface area contributed by atoms with Crippen LogP contribution < -0.4 is 0 Å². The van der Waals surface area contributed by atoms with Crippen molar-refractivity contribution in [3.8, 4) is 0 Å². The number of rotatable bonds is 8. The highest BCUT2D eigenvalue weighted by molar-refractivity contribution is 6.74. The highest BCUT2D eigenvalue weighted by Crippen LogP contribution is 2.39. The van der Waals surface area contributed by atoms with Crippen molar-refractivity contribution in [3.63, 3.8) is 0 Å². The lowest BCUT2D eigenvalue weighted by Gasteiger charge is -2.38. The molecule has 0 unspecified atom stereocenters. The first-order valence-corrected chi connectivity index (χ1v) is 13.9. The summed E-state index contributed by atoms with van der Waals surface area (Å²) in [5.74, 6) is -0.467. The summed E-state index contributed by atoms with van der Waals surface area (Å²) in [6, 6.07) is 5.47. The summed E-state index contributed by atoms with van der Waals surface area (Å²) < 4.78 is 16.9. The van der Waals surface area contributed by atoms with Crippen LogP contribution in [0.5, 0.6) is 0 Å². The van der Waals surface area contributed by atoms with E-state index in [2.05, 4.69) is 33.9 Å². The van der Waals surface area contributed by atoms with Crippen LogP contribution in [-0.2, 0) is 25.3 Å². The second-order valence-electron chi connectivity index (χ2n) is 9.54. The first-order valence-electron chi connectivity index (χ1n) is 11.0. The Morgan fingerprint density at radius 3 is 2.39 bits per heavy atom. The lowest BCUT2D eigenvalue weighted by Crippen LogP contribution is -2.44. The highest BCUT2D eigenvalue weighted by Gasteiger charge is 2.43. The molecule has 0 aliphatic carbocycles. The molecule has 0 N–H and O–H groups in total. The minimum absolute atomic E-state index is 0.0185. The molecule has 182 valence electrons. The number of carbonyl (C=O) groups is 2. The summed E-state index contributed by atoms with van der Waals surface area (Å²) >= 11 is 0. The topological polar surface area (TPSA) is 108 Å². The molecule has 0 spiro atoms. The Morgan fingerprint density at radius 1 is 1.21 bits per heavy atom. The largest absolute Gasteiger partial charge is 0.463 e. The van der Waals surface area contributed by atoms with Gasteiger partial charge in [-0.2, -0.15) is 0 Å². The van der Waals surface area contributed by atoms with Crippen molar-refractivity contribution < 1.29 is 28.4 Å². The third-order valence-corrected chi connectivity index (χ3v) is 10.6. The number of likely N-dealkylation sites (tertiary alicyclic amines) is 1. The summed E-state index contributed by atoms with van der Waals surface area (Å²) in [5.41, 5.74) is 0.611. The second-order valence-corrected chi connectivity index (χ2v) is 14.3. The quantitative estimate of drug-likeness (QED) is 0.173. The number of non-ortho nitro benzene ring substituents is 1. The van der Waals surface area contributed by atoms with Crippen LogP contribution in [0.25, 0.3) is 0 Å². The number of hydrogen-bond donors (Lipinski definition) is 0. The first-order chi connectivity index (χ1) is 15.3. The molecule has 1 saturated heterocycles. The van der Waals surface area contributed by atoms with Crippen LogP contribution in [0.2, 0.25) is 18.1 Å². The van der Waals surface area contributed by atoms with E-state index in [4.69, 9.17) is 13.9 Å². The zero-order valence-electron chi connectivity index (χ0n) is 20.2. The molecule has 1 aliphatic heterocycles. The van der Waals surface area contributed by atoms with Crippen LogP contribution in [0.15, 0.2) is 36.4 Å². The third-order valence-electron chi connectivity index (χ3n) is 6.06. The summed E-state index contributed by atoms with van der Waals surface area (Å²) in [5, 5.41) is 10.8. The van der Waals surface area contributed by atoms with Crippen molar-refractivity contribution in [2.45, 2.75) is 71.0 Å². The zero-order chi connectivity index (χ0) is 24.8. The van der Waals surface area contributed by atoms with E-state index in [9.17, 15) is 19.7 Å². The number of carbonyl (C=O) groups excluding carboxylic acids is 2. The van der Waals surface area contributed by atoms with E-state index in [1.165, 1.54) is 18.2 Å². The Hall–Kier alpha value is -2.72. The van der Waals surface area contributed by atoms with Gasteiger partial charge in [0, 0.05) is 24.8 Å². The summed E-state index contributed by atoms with van der Waals surface area (Å²) in [6.07, 6.45) is 2.83. The minimum atomic E-state index is -2.06. The maximum atomic E-state index is 12.9. The maximum Gasteiger partial charge on any atom is 0.410 e. The third kappa shape index (κ3) is 7.39. The molecule has 0 aromatic heterocycles. The average Bonchev–Trinajstić information content (AvgIpc) is 3.12. The summed E-state index contributed by atoms with van der Waals surface area (Å²) in [6.45, 7) is 13.1. The molecule has 1 aromatic rings. The Bertz CT molecular complexity index is 878. The fourth-order valence-corrected chi connectivity index (χ4v) is 4.58. The van der Waals surface area contributed by atoms with Gasteiger partial charge in [0.15, 0.2) is 8.32 Å². The number of ether oxygens (including phenoxy) is 2. The molecule has 0 bridgehead atoms. The predicted octanol–water partition coefficient (Wildman–Crippen LogP) is 4.82. The van der Waals surface area contributed by atoms with Crippen molar-refractivity contribution in [3.05, 3.63) is 52.1 Å². The fraction of sp³-hybridized carbons (Fsp3) is 0.565. The summed E-state index contributed by atoms with van der Waals surface area (Å²) in [4.78, 5) is 36.5. The molecule has 1 fully saturated rings. The normalized spacial score (nSPS) is 19.0. The van der Waals surface area contributed by atoms with E-state index in [-0.39, 0.29) is 36.1 Å². The van der Waals surface area contributed by atoms with Crippen molar-refractivity contribution in [2.75, 3.05) is 13.2 Å². The van der Waals surface area contributed by atoms with Crippen LogP contribution >= 0.6 is 0 Å². The van der Waals surface area contributed by atoms with E-state index in [0.29, 0.717) is 18.5 Å². The Balaban J connectivity index is 2.10. The Labute approximate surface area is 196 Å². The maximum absolute atomic E-state index is 12.9. The molecular formula is C23H34N2O7Si. The highest BCUT2D eigenvalue weighted by atomic mass is 28.4. The Kier molecular flexibility index (Phi) is 8.79. The number of nitro benzene ring substituents is 1. The van der Waals surface area contributed by atoms with Gasteiger partial charge in [0.1, 0.15) is 6.61 Å². The van der Waals surface area contributed by atoms with Gasteiger partial charge in [0.25, 0.3) is 5.69 Å². The van der Waals surface area contributed by atoms with Crippen LogP contribution in [0.3, 0.4) is 0 Å². The molecule has 2 rings (SSSR count). The SMILES string of the molecule is CCOC(=O)C=C[C@@H]1C[C@@H](O[Si](C)(C)C(C)(C)C)CN1C(=O)OCc1ccc([N+](=O)[O-])cc1. The van der Waals surface area contributed by atoms with Crippen molar-refractivity contribution >= 4 is 26.1 Å². The number of esters is 1. The monoisotopic (exact) mass is 478 g/mol. The molecule has 9 nitrogen and oxygen atoms in total. The lowest BCUT2D eigenvalue weighted by molar-refractivity contribution is -0.384. The van der Waals surface area contributed by atoms with Crippen LogP contribution in [-0.4, -0.2) is 55.5 Å².